The number of benzene rings is 3. The predicted molar refractivity (Wildman–Crippen MR) is 212 cm³/mol. The van der Waals surface area contributed by atoms with Crippen LogP contribution in [0.15, 0.2) is 42.5 Å². The van der Waals surface area contributed by atoms with Gasteiger partial charge in [0, 0.05) is 41.6 Å². The van der Waals surface area contributed by atoms with E-state index >= 15 is 0 Å². The van der Waals surface area contributed by atoms with Crippen LogP contribution < -0.4 is 50.0 Å². The molecule has 2 amide bonds. The second-order valence-electron chi connectivity index (χ2n) is 16.2. The van der Waals surface area contributed by atoms with Crippen LogP contribution in [0.4, 0.5) is 10.5 Å². The van der Waals surface area contributed by atoms with E-state index < -0.39 is 151 Å². The number of hydrogen-bond acceptors (Lipinski definition) is 20. The molecule has 22 nitrogen and oxygen atoms in total. The Kier molecular flexibility index (Phi) is 15.3. The van der Waals surface area contributed by atoms with Crippen LogP contribution in [0.3, 0.4) is 0 Å². The number of carboxylic acid groups (broad SMARTS) is 1. The number of carboxylic acids is 1. The number of aliphatic hydroxyl groups excluding tert-OH is 5. The average molecular weight is 933 g/mol. The summed E-state index contributed by atoms with van der Waals surface area (Å²) in [4.78, 5) is 77.6. The molecule has 3 aromatic carbocycles. The van der Waals surface area contributed by atoms with Crippen molar-refractivity contribution >= 4 is 41.0 Å². The molecular weight excluding hydrogens is 887 g/mol. The van der Waals surface area contributed by atoms with E-state index in [2.05, 4.69) is 10.6 Å². The summed E-state index contributed by atoms with van der Waals surface area (Å²) in [7, 11) is 1.28. The standard InChI is InChI=1S/C43H46N2O20.Na/c1-16-32(49)21(45-42(59)62-15-17-6-8-18(9-7-17)44-26(48)11-23-35(52)38(55)39(56)40(65-23)41(57)58)10-27(63-16)64-24-13-43(60,25(47)14-46)12-20-29(24)37(54)31-30(34(20)51)33(50)19-4-3-5-22(61-2)28(19)36(31)53;/h3-9,16,21,23-24,27,32,35,38-40,46,49,51-52,54-56,60H,10-15H2,1-2H3,(H,44,48)(H,45,59)(H,57,58);/q;+1/p-1/t16-,21-,23-,24-,27-,32+,35-,38+,39-,40-,43-;/m0./s1. The molecule has 0 bridgehead atoms. The molecule has 2 fully saturated rings. The number of Topliss-reactive ketones (excluding diaryl/α,β-unsaturated/α-hetero) is 1. The van der Waals surface area contributed by atoms with Gasteiger partial charge in [-0.25, -0.2) is 4.79 Å². The number of carbonyl (C=O) groups excluding carboxylic acids is 6. The molecule has 3 aromatic rings. The molecule has 7 rings (SSSR count). The Bertz CT molecular complexity index is 2410. The number of carbonyl (C=O) groups is 6. The van der Waals surface area contributed by atoms with Crippen molar-refractivity contribution < 1.29 is 128 Å². The summed E-state index contributed by atoms with van der Waals surface area (Å²) in [6.07, 6.45) is -17.6. The van der Waals surface area contributed by atoms with Crippen LogP contribution in [0.5, 0.6) is 17.2 Å². The minimum Gasteiger partial charge on any atom is -0.547 e. The largest absolute Gasteiger partial charge is 1.00 e. The van der Waals surface area contributed by atoms with E-state index in [1.165, 1.54) is 56.5 Å². The molecule has 2 aliphatic carbocycles. The van der Waals surface area contributed by atoms with Gasteiger partial charge in [-0.3, -0.25) is 19.2 Å². The molecule has 348 valence electrons. The first-order valence-electron chi connectivity index (χ1n) is 20.2. The van der Waals surface area contributed by atoms with Crippen molar-refractivity contribution in [3.05, 3.63) is 81.4 Å². The number of amides is 2. The second-order valence-corrected chi connectivity index (χ2v) is 16.2. The topological polar surface area (TPSA) is 358 Å². The SMILES string of the molecule is COc1cccc2c1C(=O)c1c(O)c3c(c(O)c1C2=O)C[C@@](O)(C(=O)CO)C[C@@H]3O[C@H]1C[C@H](NC(=O)OCc2ccc(NC(=O)C[C@@H]3O[C@H](C(=O)[O-])[C@@H](O)[C@H](O)[C@H]3O)cc2)[C@H](O)[C@H](C)O1.[Na+]. The summed E-state index contributed by atoms with van der Waals surface area (Å²) in [6, 6.07) is 8.97. The van der Waals surface area contributed by atoms with Gasteiger partial charge in [-0.1, -0.05) is 24.3 Å². The zero-order valence-corrected chi connectivity index (χ0v) is 37.5. The Morgan fingerprint density at radius 2 is 1.58 bits per heavy atom. The van der Waals surface area contributed by atoms with Crippen LogP contribution in [0.2, 0.25) is 0 Å². The molecule has 66 heavy (non-hydrogen) atoms. The fraction of sp³-hybridized carbons (Fsp3) is 0.442. The van der Waals surface area contributed by atoms with Crippen molar-refractivity contribution in [1.82, 2.24) is 5.32 Å². The number of phenols is 2. The summed E-state index contributed by atoms with van der Waals surface area (Å²) in [5, 5.41) is 102. The molecule has 0 aromatic heterocycles. The fourth-order valence-corrected chi connectivity index (χ4v) is 8.59. The maximum atomic E-state index is 14.0. The van der Waals surface area contributed by atoms with Crippen molar-refractivity contribution in [2.24, 2.45) is 0 Å². The smallest absolute Gasteiger partial charge is 0.547 e. The fourth-order valence-electron chi connectivity index (χ4n) is 8.59. The van der Waals surface area contributed by atoms with Gasteiger partial charge in [0.2, 0.25) is 11.7 Å². The third kappa shape index (κ3) is 9.54. The van der Waals surface area contributed by atoms with Gasteiger partial charge < -0.3 is 85.1 Å². The third-order valence-corrected chi connectivity index (χ3v) is 12.0. The van der Waals surface area contributed by atoms with Gasteiger partial charge in [0.25, 0.3) is 0 Å². The van der Waals surface area contributed by atoms with Gasteiger partial charge in [-0.05, 0) is 30.7 Å². The number of anilines is 1. The van der Waals surface area contributed by atoms with Gasteiger partial charge in [0.15, 0.2) is 17.9 Å². The Hall–Kier alpha value is -5.08. The normalized spacial score (nSPS) is 29.0. The van der Waals surface area contributed by atoms with E-state index in [1.807, 2.05) is 0 Å². The average Bonchev–Trinajstić information content (AvgIpc) is 3.27. The first-order chi connectivity index (χ1) is 30.8. The van der Waals surface area contributed by atoms with Gasteiger partial charge >= 0.3 is 35.7 Å². The second kappa shape index (κ2) is 20.0. The zero-order valence-electron chi connectivity index (χ0n) is 35.5. The number of nitrogens with one attached hydrogen (secondary N) is 2. The van der Waals surface area contributed by atoms with Crippen molar-refractivity contribution in [1.29, 1.82) is 0 Å². The Balaban J connectivity index is 0.00000720. The maximum absolute atomic E-state index is 14.0. The molecule has 0 spiro atoms. The molecule has 2 aliphatic heterocycles. The van der Waals surface area contributed by atoms with Gasteiger partial charge in [-0.2, -0.15) is 0 Å². The number of aliphatic hydroxyl groups is 6. The molecule has 0 radical (unpaired) electrons. The molecule has 2 saturated heterocycles. The number of aliphatic carboxylic acids is 1. The minimum absolute atomic E-state index is 0. The van der Waals surface area contributed by atoms with Gasteiger partial charge in [-0.15, -0.1) is 0 Å². The number of hydrogen-bond donors (Lipinski definition) is 10. The number of alkyl carbamates (subject to hydrolysis) is 1. The number of aromatic hydroxyl groups is 2. The molecular formula is C43H45N2NaO20. The first-order valence-corrected chi connectivity index (χ1v) is 20.2. The molecule has 4 aliphatic rings. The number of phenolic OH excluding ortho intramolecular Hbond substituents is 2. The van der Waals surface area contributed by atoms with E-state index in [4.69, 9.17) is 23.7 Å². The molecule has 0 unspecified atom stereocenters. The minimum atomic E-state index is -2.41. The Labute approximate surface area is 396 Å². The van der Waals surface area contributed by atoms with E-state index in [9.17, 15) is 74.7 Å². The number of ether oxygens (including phenoxy) is 5. The van der Waals surface area contributed by atoms with Crippen molar-refractivity contribution in [2.45, 2.75) is 106 Å². The van der Waals surface area contributed by atoms with Crippen LogP contribution in [-0.2, 0) is 46.4 Å². The molecule has 23 heteroatoms. The summed E-state index contributed by atoms with van der Waals surface area (Å²) < 4.78 is 27.8. The summed E-state index contributed by atoms with van der Waals surface area (Å²) >= 11 is 0. The third-order valence-electron chi connectivity index (χ3n) is 12.0. The van der Waals surface area contributed by atoms with Crippen LogP contribution in [0.25, 0.3) is 0 Å². The summed E-state index contributed by atoms with van der Waals surface area (Å²) in [5.74, 6) is -6.94. The summed E-state index contributed by atoms with van der Waals surface area (Å²) in [6.45, 7) is 0.0252. The number of methoxy groups -OCH3 is 1. The number of fused-ring (bicyclic) bond motifs is 3. The van der Waals surface area contributed by atoms with E-state index in [1.54, 1.807) is 0 Å². The van der Waals surface area contributed by atoms with Crippen molar-refractivity contribution in [3.63, 3.8) is 0 Å². The number of rotatable bonds is 12. The summed E-state index contributed by atoms with van der Waals surface area (Å²) in [5.41, 5.74) is -3.74. The van der Waals surface area contributed by atoms with Crippen molar-refractivity contribution in [3.8, 4) is 17.2 Å². The first kappa shape index (κ1) is 50.3. The Morgan fingerprint density at radius 3 is 2.23 bits per heavy atom. The van der Waals surface area contributed by atoms with Crippen LogP contribution >= 0.6 is 0 Å². The monoisotopic (exact) mass is 932 g/mol. The molecule has 2 heterocycles. The van der Waals surface area contributed by atoms with E-state index in [0.717, 1.165) is 0 Å². The quantitative estimate of drug-likeness (QED) is 0.0469. The maximum Gasteiger partial charge on any atom is 1.00 e. The predicted octanol–water partition coefficient (Wildman–Crippen LogP) is -5.10. The van der Waals surface area contributed by atoms with E-state index in [0.29, 0.717) is 5.56 Å². The van der Waals surface area contributed by atoms with Crippen LogP contribution in [-0.4, -0.2) is 151 Å². The molecule has 0 saturated carbocycles. The zero-order chi connectivity index (χ0) is 47.2. The molecule has 10 N–H and O–H groups in total. The van der Waals surface area contributed by atoms with Crippen molar-refractivity contribution in [2.75, 3.05) is 19.0 Å². The van der Waals surface area contributed by atoms with Crippen LogP contribution in [0.1, 0.15) is 80.8 Å². The van der Waals surface area contributed by atoms with Crippen LogP contribution in [0, 0.1) is 0 Å². The van der Waals surface area contributed by atoms with E-state index in [-0.39, 0.29) is 76.3 Å². The Morgan fingerprint density at radius 1 is 0.894 bits per heavy atom. The van der Waals surface area contributed by atoms with Gasteiger partial charge in [0.1, 0.15) is 66.6 Å². The molecule has 11 atom stereocenters. The van der Waals surface area contributed by atoms with Gasteiger partial charge in [0.05, 0.1) is 60.5 Å². The number of ketones is 3.